The van der Waals surface area contributed by atoms with E-state index in [1.807, 2.05) is 0 Å². The van der Waals surface area contributed by atoms with Crippen LogP contribution in [0.15, 0.2) is 12.4 Å². The van der Waals surface area contributed by atoms with Crippen LogP contribution in [0.3, 0.4) is 0 Å². The van der Waals surface area contributed by atoms with Gasteiger partial charge in [0.25, 0.3) is 0 Å². The van der Waals surface area contributed by atoms with Crippen molar-refractivity contribution in [3.8, 4) is 0 Å². The number of amides is 1. The lowest BCUT2D eigenvalue weighted by Gasteiger charge is -2.27. The van der Waals surface area contributed by atoms with Crippen LogP contribution in [0.25, 0.3) is 0 Å². The van der Waals surface area contributed by atoms with Crippen molar-refractivity contribution in [2.75, 3.05) is 6.61 Å². The first-order valence-corrected chi connectivity index (χ1v) is 7.02. The lowest BCUT2D eigenvalue weighted by atomic mass is 9.86. The van der Waals surface area contributed by atoms with Crippen molar-refractivity contribution >= 4 is 5.91 Å². The SMILES string of the molecule is O=C(CCCn1ccnn1)NC1CCC(CO)CC1. The predicted molar refractivity (Wildman–Crippen MR) is 70.2 cm³/mol. The predicted octanol–water partition coefficient (Wildman–Crippen LogP) is 0.726. The molecule has 0 radical (unpaired) electrons. The standard InChI is InChI=1S/C13H22N4O2/c18-10-11-3-5-12(6-4-11)15-13(19)2-1-8-17-9-7-14-16-17/h7,9,11-12,18H,1-6,8,10H2,(H,15,19). The van der Waals surface area contributed by atoms with Gasteiger partial charge in [-0.3, -0.25) is 9.48 Å². The summed E-state index contributed by atoms with van der Waals surface area (Å²) in [5, 5.41) is 19.7. The molecule has 1 aliphatic carbocycles. The van der Waals surface area contributed by atoms with Crippen molar-refractivity contribution in [2.24, 2.45) is 5.92 Å². The highest BCUT2D eigenvalue weighted by atomic mass is 16.3. The molecule has 1 aliphatic rings. The normalized spacial score (nSPS) is 23.2. The lowest BCUT2D eigenvalue weighted by Crippen LogP contribution is -2.38. The topological polar surface area (TPSA) is 80.0 Å². The summed E-state index contributed by atoms with van der Waals surface area (Å²) in [5.41, 5.74) is 0. The Morgan fingerprint density at radius 3 is 2.79 bits per heavy atom. The number of aliphatic hydroxyl groups excluding tert-OH is 1. The molecule has 1 heterocycles. The van der Waals surface area contributed by atoms with E-state index in [0.29, 0.717) is 18.4 Å². The van der Waals surface area contributed by atoms with Crippen LogP contribution in [-0.2, 0) is 11.3 Å². The highest BCUT2D eigenvalue weighted by molar-refractivity contribution is 5.76. The zero-order chi connectivity index (χ0) is 13.5. The van der Waals surface area contributed by atoms with Gasteiger partial charge in [0.05, 0.1) is 6.20 Å². The molecule has 6 heteroatoms. The number of rotatable bonds is 6. The molecule has 0 saturated heterocycles. The van der Waals surface area contributed by atoms with Gasteiger partial charge in [-0.25, -0.2) is 0 Å². The minimum atomic E-state index is 0.118. The summed E-state index contributed by atoms with van der Waals surface area (Å²) in [6.45, 7) is 1.00. The maximum atomic E-state index is 11.8. The van der Waals surface area contributed by atoms with E-state index in [1.165, 1.54) is 0 Å². The van der Waals surface area contributed by atoms with Crippen molar-refractivity contribution < 1.29 is 9.90 Å². The Hall–Kier alpha value is -1.43. The summed E-state index contributed by atoms with van der Waals surface area (Å²) < 4.78 is 1.74. The Morgan fingerprint density at radius 1 is 1.37 bits per heavy atom. The fraction of sp³-hybridized carbons (Fsp3) is 0.769. The van der Waals surface area contributed by atoms with Crippen LogP contribution >= 0.6 is 0 Å². The fourth-order valence-corrected chi connectivity index (χ4v) is 2.54. The number of nitrogens with zero attached hydrogens (tertiary/aromatic N) is 3. The molecule has 1 amide bonds. The number of hydrogen-bond donors (Lipinski definition) is 2. The molecule has 1 aromatic rings. The third kappa shape index (κ3) is 4.63. The zero-order valence-corrected chi connectivity index (χ0v) is 11.2. The molecular weight excluding hydrogens is 244 g/mol. The van der Waals surface area contributed by atoms with E-state index in [2.05, 4.69) is 15.6 Å². The van der Waals surface area contributed by atoms with Crippen molar-refractivity contribution in [1.29, 1.82) is 0 Å². The average molecular weight is 266 g/mol. The number of aromatic nitrogens is 3. The molecular formula is C13H22N4O2. The van der Waals surface area contributed by atoms with E-state index in [4.69, 9.17) is 5.11 Å². The van der Waals surface area contributed by atoms with E-state index in [9.17, 15) is 4.79 Å². The van der Waals surface area contributed by atoms with Gasteiger partial charge in [-0.2, -0.15) is 0 Å². The molecule has 2 rings (SSSR count). The summed E-state index contributed by atoms with van der Waals surface area (Å²) in [4.78, 5) is 11.8. The molecule has 1 saturated carbocycles. The van der Waals surface area contributed by atoms with Crippen molar-refractivity contribution in [2.45, 2.75) is 51.1 Å². The summed E-state index contributed by atoms with van der Waals surface area (Å²) in [7, 11) is 0. The number of carbonyl (C=O) groups is 1. The Morgan fingerprint density at radius 2 is 2.16 bits per heavy atom. The molecule has 1 aromatic heterocycles. The van der Waals surface area contributed by atoms with Crippen LogP contribution < -0.4 is 5.32 Å². The molecule has 0 aliphatic heterocycles. The van der Waals surface area contributed by atoms with Crippen LogP contribution in [-0.4, -0.2) is 38.7 Å². The second-order valence-corrected chi connectivity index (χ2v) is 5.24. The molecule has 106 valence electrons. The molecule has 0 bridgehead atoms. The largest absolute Gasteiger partial charge is 0.396 e. The number of hydrogen-bond acceptors (Lipinski definition) is 4. The van der Waals surface area contributed by atoms with Crippen LogP contribution in [0.4, 0.5) is 0 Å². The molecule has 1 fully saturated rings. The van der Waals surface area contributed by atoms with E-state index < -0.39 is 0 Å². The van der Waals surface area contributed by atoms with Gasteiger partial charge in [0.1, 0.15) is 0 Å². The van der Waals surface area contributed by atoms with Gasteiger partial charge in [0, 0.05) is 31.8 Å². The Labute approximate surface area is 113 Å². The number of aliphatic hydroxyl groups is 1. The summed E-state index contributed by atoms with van der Waals surface area (Å²) in [5.74, 6) is 0.549. The highest BCUT2D eigenvalue weighted by Crippen LogP contribution is 2.23. The lowest BCUT2D eigenvalue weighted by molar-refractivity contribution is -0.122. The molecule has 0 aromatic carbocycles. The van der Waals surface area contributed by atoms with E-state index in [0.717, 1.165) is 38.6 Å². The minimum absolute atomic E-state index is 0.118. The second kappa shape index (κ2) is 7.23. The van der Waals surface area contributed by atoms with Gasteiger partial charge in [0.15, 0.2) is 0 Å². The molecule has 6 nitrogen and oxygen atoms in total. The molecule has 19 heavy (non-hydrogen) atoms. The first-order chi connectivity index (χ1) is 9.28. The number of aryl methyl sites for hydroxylation is 1. The summed E-state index contributed by atoms with van der Waals surface area (Å²) >= 11 is 0. The maximum absolute atomic E-state index is 11.8. The van der Waals surface area contributed by atoms with Crippen LogP contribution in [0.5, 0.6) is 0 Å². The van der Waals surface area contributed by atoms with E-state index in [1.54, 1.807) is 17.1 Å². The molecule has 0 spiro atoms. The van der Waals surface area contributed by atoms with Crippen LogP contribution in [0.1, 0.15) is 38.5 Å². The van der Waals surface area contributed by atoms with Crippen LogP contribution in [0.2, 0.25) is 0 Å². The van der Waals surface area contributed by atoms with E-state index in [-0.39, 0.29) is 12.5 Å². The zero-order valence-electron chi connectivity index (χ0n) is 11.2. The fourth-order valence-electron chi connectivity index (χ4n) is 2.54. The van der Waals surface area contributed by atoms with Crippen molar-refractivity contribution in [3.63, 3.8) is 0 Å². The van der Waals surface area contributed by atoms with Crippen molar-refractivity contribution in [1.82, 2.24) is 20.3 Å². The van der Waals surface area contributed by atoms with Gasteiger partial charge >= 0.3 is 0 Å². The number of carbonyl (C=O) groups excluding carboxylic acids is 1. The average Bonchev–Trinajstić information content (AvgIpc) is 2.93. The third-order valence-electron chi connectivity index (χ3n) is 3.73. The van der Waals surface area contributed by atoms with Crippen molar-refractivity contribution in [3.05, 3.63) is 12.4 Å². The maximum Gasteiger partial charge on any atom is 0.220 e. The van der Waals surface area contributed by atoms with E-state index >= 15 is 0 Å². The first kappa shape index (κ1) is 14.0. The Kier molecular flexibility index (Phi) is 5.32. The van der Waals surface area contributed by atoms with Crippen LogP contribution in [0, 0.1) is 5.92 Å². The smallest absolute Gasteiger partial charge is 0.220 e. The summed E-state index contributed by atoms with van der Waals surface area (Å²) in [6, 6.07) is 0.293. The Bertz CT molecular complexity index is 372. The van der Waals surface area contributed by atoms with Gasteiger partial charge in [0.2, 0.25) is 5.91 Å². The molecule has 0 atom stereocenters. The number of nitrogens with one attached hydrogen (secondary N) is 1. The van der Waals surface area contributed by atoms with Gasteiger partial charge in [-0.1, -0.05) is 5.21 Å². The van der Waals surface area contributed by atoms with Gasteiger partial charge < -0.3 is 10.4 Å². The first-order valence-electron chi connectivity index (χ1n) is 7.02. The van der Waals surface area contributed by atoms with Gasteiger partial charge in [-0.15, -0.1) is 5.10 Å². The second-order valence-electron chi connectivity index (χ2n) is 5.24. The highest BCUT2D eigenvalue weighted by Gasteiger charge is 2.21. The third-order valence-corrected chi connectivity index (χ3v) is 3.73. The quantitative estimate of drug-likeness (QED) is 0.795. The monoisotopic (exact) mass is 266 g/mol. The molecule has 0 unspecified atom stereocenters. The minimum Gasteiger partial charge on any atom is -0.396 e. The Balaban J connectivity index is 1.59. The molecule has 2 N–H and O–H groups in total. The summed E-state index contributed by atoms with van der Waals surface area (Å²) in [6.07, 6.45) is 8.75. The van der Waals surface area contributed by atoms with Gasteiger partial charge in [-0.05, 0) is 38.0 Å².